The number of carbonyl (C=O) groups is 1. The molecule has 0 bridgehead atoms. The summed E-state index contributed by atoms with van der Waals surface area (Å²) < 4.78 is 0. The highest BCUT2D eigenvalue weighted by atomic mass is 35.5. The number of hydrogen-bond acceptors (Lipinski definition) is 2. The number of rotatable bonds is 6. The molecule has 1 rings (SSSR count). The number of ketones is 1. The first-order chi connectivity index (χ1) is 10.8. The highest BCUT2D eigenvalue weighted by Gasteiger charge is 2.19. The number of allylic oxidation sites excluding steroid dienone is 4. The van der Waals surface area contributed by atoms with Gasteiger partial charge in [0.05, 0.1) is 0 Å². The van der Waals surface area contributed by atoms with Crippen molar-refractivity contribution in [3.63, 3.8) is 0 Å². The zero-order valence-corrected chi connectivity index (χ0v) is 16.2. The first kappa shape index (κ1) is 21.9. The minimum absolute atomic E-state index is 0.0780. The fraction of sp³-hybridized carbons (Fsp3) is 0.600. The Bertz CT molecular complexity index is 480. The number of carbonyl (C=O) groups excluding carboxylic acids is 1. The summed E-state index contributed by atoms with van der Waals surface area (Å²) in [6, 6.07) is 0. The molecule has 0 heterocycles. The summed E-state index contributed by atoms with van der Waals surface area (Å²) in [6.45, 7) is 13.3. The van der Waals surface area contributed by atoms with Crippen LogP contribution in [0.2, 0.25) is 0 Å². The summed E-state index contributed by atoms with van der Waals surface area (Å²) in [4.78, 5) is 15.8. The molecule has 1 fully saturated rings. The predicted octanol–water partition coefficient (Wildman–Crippen LogP) is 6.62. The number of nitrogens with zero attached hydrogens (tertiary/aromatic N) is 1. The van der Waals surface area contributed by atoms with Gasteiger partial charge in [-0.3, -0.25) is 4.79 Å². The van der Waals surface area contributed by atoms with Crippen LogP contribution < -0.4 is 0 Å². The van der Waals surface area contributed by atoms with Crippen LogP contribution >= 0.6 is 11.6 Å². The molecular weight excluding hydrogens is 306 g/mol. The monoisotopic (exact) mass is 337 g/mol. The van der Waals surface area contributed by atoms with E-state index in [1.165, 1.54) is 32.1 Å². The van der Waals surface area contributed by atoms with Crippen molar-refractivity contribution in [3.8, 4) is 0 Å². The van der Waals surface area contributed by atoms with E-state index in [-0.39, 0.29) is 5.78 Å². The standard InChI is InChI=1S/C17H24ClNO.C3H8/c1-5-16(10-12(2)13(3)20)17(19-14(4)18)11-15-8-6-7-9-15;1-3-2/h5,10,15H,4,6-9,11H2,1-3H3;3H2,1-2H3/b12-10+,16-5-,19-17-;. The summed E-state index contributed by atoms with van der Waals surface area (Å²) in [5, 5.41) is 0.297. The van der Waals surface area contributed by atoms with Gasteiger partial charge in [-0.05, 0) is 50.3 Å². The Morgan fingerprint density at radius 2 is 1.78 bits per heavy atom. The molecule has 0 atom stereocenters. The second-order valence-electron chi connectivity index (χ2n) is 6.12. The summed E-state index contributed by atoms with van der Waals surface area (Å²) in [5.41, 5.74) is 2.66. The molecule has 1 aliphatic carbocycles. The highest BCUT2D eigenvalue weighted by Crippen LogP contribution is 2.29. The lowest BCUT2D eigenvalue weighted by molar-refractivity contribution is -0.113. The third kappa shape index (κ3) is 9.55. The molecule has 0 aromatic rings. The lowest BCUT2D eigenvalue weighted by Gasteiger charge is -2.13. The second-order valence-corrected chi connectivity index (χ2v) is 6.56. The average Bonchev–Trinajstić information content (AvgIpc) is 2.97. The van der Waals surface area contributed by atoms with E-state index in [2.05, 4.69) is 25.4 Å². The molecule has 0 saturated heterocycles. The Morgan fingerprint density at radius 3 is 2.17 bits per heavy atom. The maximum absolute atomic E-state index is 11.4. The third-order valence-corrected chi connectivity index (χ3v) is 3.87. The van der Waals surface area contributed by atoms with Crippen LogP contribution in [0.15, 0.2) is 40.0 Å². The lowest BCUT2D eigenvalue weighted by Crippen LogP contribution is -2.09. The van der Waals surface area contributed by atoms with Crippen molar-refractivity contribution in [2.75, 3.05) is 0 Å². The molecule has 2 nitrogen and oxygen atoms in total. The van der Waals surface area contributed by atoms with E-state index in [9.17, 15) is 4.79 Å². The van der Waals surface area contributed by atoms with Crippen molar-refractivity contribution in [2.24, 2.45) is 10.9 Å². The molecule has 0 aromatic heterocycles. The summed E-state index contributed by atoms with van der Waals surface area (Å²) >= 11 is 5.86. The van der Waals surface area contributed by atoms with Crippen LogP contribution in [0, 0.1) is 5.92 Å². The minimum Gasteiger partial charge on any atom is -0.295 e. The Balaban J connectivity index is 0.00000149. The maximum Gasteiger partial charge on any atom is 0.155 e. The first-order valence-electron chi connectivity index (χ1n) is 8.63. The van der Waals surface area contributed by atoms with Gasteiger partial charge in [0.25, 0.3) is 0 Å². The van der Waals surface area contributed by atoms with Gasteiger partial charge < -0.3 is 0 Å². The van der Waals surface area contributed by atoms with Gasteiger partial charge in [0.2, 0.25) is 0 Å². The molecule has 0 N–H and O–H groups in total. The van der Waals surface area contributed by atoms with Crippen molar-refractivity contribution < 1.29 is 4.79 Å². The zero-order chi connectivity index (χ0) is 17.8. The van der Waals surface area contributed by atoms with Gasteiger partial charge in [0, 0.05) is 5.71 Å². The van der Waals surface area contributed by atoms with Crippen molar-refractivity contribution in [1.29, 1.82) is 0 Å². The van der Waals surface area contributed by atoms with Crippen molar-refractivity contribution >= 4 is 23.1 Å². The highest BCUT2D eigenvalue weighted by molar-refractivity contribution is 6.30. The van der Waals surface area contributed by atoms with E-state index in [1.807, 2.05) is 26.0 Å². The smallest absolute Gasteiger partial charge is 0.155 e. The van der Waals surface area contributed by atoms with Crippen LogP contribution in [-0.4, -0.2) is 11.5 Å². The summed E-state index contributed by atoms with van der Waals surface area (Å²) in [7, 11) is 0. The Labute approximate surface area is 147 Å². The van der Waals surface area contributed by atoms with Gasteiger partial charge in [-0.1, -0.05) is 70.2 Å². The molecule has 0 aliphatic heterocycles. The van der Waals surface area contributed by atoms with Gasteiger partial charge in [-0.15, -0.1) is 0 Å². The summed E-state index contributed by atoms with van der Waals surface area (Å²) in [5.74, 6) is 0.750. The SMILES string of the molecule is C=C(Cl)\N=C(CC1CCCC1)/C(=C\C)/C=C(\C)C(C)=O.CCC. The third-order valence-electron chi connectivity index (χ3n) is 3.78. The molecule has 0 spiro atoms. The Morgan fingerprint density at radius 1 is 1.26 bits per heavy atom. The van der Waals surface area contributed by atoms with Crippen molar-refractivity contribution in [2.45, 2.75) is 73.1 Å². The van der Waals surface area contributed by atoms with Crippen LogP contribution in [0.25, 0.3) is 0 Å². The number of Topliss-reactive ketones (excluding diaryl/α,β-unsaturated/α-hetero) is 1. The van der Waals surface area contributed by atoms with Crippen LogP contribution in [0.3, 0.4) is 0 Å². The van der Waals surface area contributed by atoms with E-state index in [4.69, 9.17) is 11.6 Å². The molecule has 0 unspecified atom stereocenters. The molecule has 1 saturated carbocycles. The van der Waals surface area contributed by atoms with Gasteiger partial charge in [-0.2, -0.15) is 0 Å². The molecule has 0 aromatic carbocycles. The maximum atomic E-state index is 11.4. The van der Waals surface area contributed by atoms with E-state index in [0.29, 0.717) is 11.1 Å². The topological polar surface area (TPSA) is 29.4 Å². The van der Waals surface area contributed by atoms with Crippen LogP contribution in [0.5, 0.6) is 0 Å². The quantitative estimate of drug-likeness (QED) is 0.232. The number of hydrogen-bond donors (Lipinski definition) is 0. The van der Waals surface area contributed by atoms with Crippen LogP contribution in [-0.2, 0) is 4.79 Å². The molecule has 23 heavy (non-hydrogen) atoms. The van der Waals surface area contributed by atoms with E-state index in [1.54, 1.807) is 6.92 Å². The minimum atomic E-state index is 0.0780. The zero-order valence-electron chi connectivity index (χ0n) is 15.4. The normalized spacial score (nSPS) is 16.9. The Kier molecular flexibility index (Phi) is 11.7. The molecule has 3 heteroatoms. The fourth-order valence-electron chi connectivity index (χ4n) is 2.53. The van der Waals surface area contributed by atoms with Crippen molar-refractivity contribution in [3.05, 3.63) is 35.0 Å². The van der Waals surface area contributed by atoms with Crippen LogP contribution in [0.1, 0.15) is 73.1 Å². The average molecular weight is 338 g/mol. The molecule has 0 amide bonds. The van der Waals surface area contributed by atoms with Gasteiger partial charge >= 0.3 is 0 Å². The molecule has 130 valence electrons. The van der Waals surface area contributed by atoms with E-state index >= 15 is 0 Å². The molecule has 1 aliphatic rings. The largest absolute Gasteiger partial charge is 0.295 e. The van der Waals surface area contributed by atoms with Crippen LogP contribution in [0.4, 0.5) is 0 Å². The summed E-state index contributed by atoms with van der Waals surface area (Å²) in [6.07, 6.45) is 11.1. The van der Waals surface area contributed by atoms with Crippen molar-refractivity contribution in [1.82, 2.24) is 0 Å². The first-order valence-corrected chi connectivity index (χ1v) is 9.01. The second kappa shape index (κ2) is 12.3. The Hall–Kier alpha value is -1.15. The molecule has 0 radical (unpaired) electrons. The van der Waals surface area contributed by atoms with E-state index < -0.39 is 0 Å². The molecular formula is C20H32ClNO. The number of halogens is 1. The lowest BCUT2D eigenvalue weighted by atomic mass is 9.94. The van der Waals surface area contributed by atoms with Gasteiger partial charge in [-0.25, -0.2) is 4.99 Å². The fourth-order valence-corrected chi connectivity index (χ4v) is 2.63. The van der Waals surface area contributed by atoms with Gasteiger partial charge in [0.15, 0.2) is 5.78 Å². The van der Waals surface area contributed by atoms with Gasteiger partial charge in [0.1, 0.15) is 5.16 Å². The predicted molar refractivity (Wildman–Crippen MR) is 103 cm³/mol. The van der Waals surface area contributed by atoms with E-state index in [0.717, 1.165) is 23.3 Å². The number of aliphatic imine (C=N–C) groups is 1.